The zero-order chi connectivity index (χ0) is 17.1. The number of hydrogen-bond donors (Lipinski definition) is 2. The van der Waals surface area contributed by atoms with Crippen molar-refractivity contribution in [2.75, 3.05) is 18.0 Å². The molecule has 2 fully saturated rings. The Balaban J connectivity index is 1.55. The zero-order valence-corrected chi connectivity index (χ0v) is 13.9. The highest BCUT2D eigenvalue weighted by atomic mass is 32.2. The van der Waals surface area contributed by atoms with E-state index in [1.807, 2.05) is 7.05 Å². The van der Waals surface area contributed by atoms with Crippen molar-refractivity contribution in [1.82, 2.24) is 19.5 Å². The molecule has 1 saturated carbocycles. The quantitative estimate of drug-likeness (QED) is 0.777. The second-order valence-electron chi connectivity index (χ2n) is 6.76. The number of aryl methyl sites for hydroxylation is 1. The van der Waals surface area contributed by atoms with Gasteiger partial charge in [0.15, 0.2) is 0 Å². The second kappa shape index (κ2) is 4.89. The monoisotopic (exact) mass is 347 g/mol. The zero-order valence-electron chi connectivity index (χ0n) is 13.1. The third-order valence-electron chi connectivity index (χ3n) is 4.91. The fraction of sp³-hybridized carbons (Fsp3) is 0.500. The highest BCUT2D eigenvalue weighted by Gasteiger charge is 2.53. The number of rotatable bonds is 3. The van der Waals surface area contributed by atoms with Crippen molar-refractivity contribution in [2.24, 2.45) is 17.6 Å². The van der Waals surface area contributed by atoms with Gasteiger partial charge in [-0.15, -0.1) is 0 Å². The van der Waals surface area contributed by atoms with E-state index in [1.165, 1.54) is 0 Å². The third-order valence-corrected chi connectivity index (χ3v) is 5.57. The van der Waals surface area contributed by atoms with Crippen LogP contribution in [0.3, 0.4) is 0 Å². The maximum Gasteiger partial charge on any atom is 0.274 e. The molecule has 0 unspecified atom stereocenters. The first-order valence-electron chi connectivity index (χ1n) is 7.56. The van der Waals surface area contributed by atoms with E-state index in [4.69, 9.17) is 5.14 Å². The van der Waals surface area contributed by atoms with Crippen LogP contribution in [0.4, 0.5) is 5.69 Å². The van der Waals surface area contributed by atoms with Gasteiger partial charge in [0.1, 0.15) is 17.1 Å². The average molecular weight is 347 g/mol. The lowest BCUT2D eigenvalue weighted by molar-refractivity contribution is 0.0592. The number of nitriles is 1. The summed E-state index contributed by atoms with van der Waals surface area (Å²) in [7, 11) is -1.82. The first kappa shape index (κ1) is 15.3. The van der Waals surface area contributed by atoms with Crippen LogP contribution in [0.15, 0.2) is 12.4 Å². The summed E-state index contributed by atoms with van der Waals surface area (Å²) in [4.78, 5) is 6.42. The van der Waals surface area contributed by atoms with E-state index >= 15 is 0 Å². The average Bonchev–Trinajstić information content (AvgIpc) is 2.80. The molecule has 0 amide bonds. The van der Waals surface area contributed by atoms with E-state index in [2.05, 4.69) is 25.8 Å². The second-order valence-corrected chi connectivity index (χ2v) is 8.08. The van der Waals surface area contributed by atoms with Gasteiger partial charge in [-0.05, 0) is 12.8 Å². The smallest absolute Gasteiger partial charge is 0.274 e. The summed E-state index contributed by atoms with van der Waals surface area (Å²) in [5.74, 6) is 0. The van der Waals surface area contributed by atoms with Crippen molar-refractivity contribution < 1.29 is 8.42 Å². The minimum atomic E-state index is -3.65. The number of nitrogens with zero attached hydrogens (tertiary/aromatic N) is 5. The van der Waals surface area contributed by atoms with E-state index in [9.17, 15) is 13.7 Å². The molecule has 10 heteroatoms. The third kappa shape index (κ3) is 2.32. The van der Waals surface area contributed by atoms with Crippen LogP contribution in [0.25, 0.3) is 11.0 Å². The van der Waals surface area contributed by atoms with Crippen molar-refractivity contribution in [1.29, 1.82) is 5.26 Å². The van der Waals surface area contributed by atoms with Crippen LogP contribution in [0.1, 0.15) is 18.4 Å². The van der Waals surface area contributed by atoms with Crippen LogP contribution in [0.2, 0.25) is 0 Å². The molecule has 1 saturated heterocycles. The first-order chi connectivity index (χ1) is 11.3. The summed E-state index contributed by atoms with van der Waals surface area (Å²) in [6.45, 7) is 1.57. The summed E-state index contributed by atoms with van der Waals surface area (Å²) in [6, 6.07) is 2.11. The van der Waals surface area contributed by atoms with Gasteiger partial charge in [-0.3, -0.25) is 9.67 Å². The van der Waals surface area contributed by atoms with Gasteiger partial charge in [0, 0.05) is 37.8 Å². The van der Waals surface area contributed by atoms with Gasteiger partial charge in [-0.1, -0.05) is 0 Å². The van der Waals surface area contributed by atoms with Gasteiger partial charge in [-0.25, -0.2) is 5.14 Å². The van der Waals surface area contributed by atoms with Crippen LogP contribution in [-0.2, 0) is 17.3 Å². The standard InChI is InChI=1S/C14H17N7O2S/c1-20-13-11(6-18-20)17-5-9(4-15)12(13)21-7-14(8-21)2-10(3-14)19-24(16,22)23/h5-6,10,19H,2-3,7-8H2,1H3,(H2,16,22,23). The molecule has 2 aromatic heterocycles. The first-order valence-corrected chi connectivity index (χ1v) is 9.11. The van der Waals surface area contributed by atoms with Gasteiger partial charge in [-0.2, -0.15) is 23.5 Å². The fourth-order valence-corrected chi connectivity index (χ4v) is 4.63. The van der Waals surface area contributed by atoms with E-state index in [0.29, 0.717) is 5.56 Å². The number of hydrogen-bond acceptors (Lipinski definition) is 6. The summed E-state index contributed by atoms with van der Waals surface area (Å²) >= 11 is 0. The molecule has 24 heavy (non-hydrogen) atoms. The van der Waals surface area contributed by atoms with Gasteiger partial charge >= 0.3 is 0 Å². The van der Waals surface area contributed by atoms with Gasteiger partial charge in [0.25, 0.3) is 10.2 Å². The van der Waals surface area contributed by atoms with Gasteiger partial charge in [0.05, 0.1) is 17.4 Å². The summed E-state index contributed by atoms with van der Waals surface area (Å²) in [6.07, 6.45) is 4.80. The summed E-state index contributed by atoms with van der Waals surface area (Å²) in [5, 5.41) is 18.6. The Hall–Kier alpha value is -2.22. The Morgan fingerprint density at radius 3 is 2.75 bits per heavy atom. The van der Waals surface area contributed by atoms with E-state index in [-0.39, 0.29) is 11.5 Å². The van der Waals surface area contributed by atoms with Crippen molar-refractivity contribution in [3.05, 3.63) is 18.0 Å². The molecular formula is C14H17N7O2S. The van der Waals surface area contributed by atoms with Crippen LogP contribution >= 0.6 is 0 Å². The Kier molecular flexibility index (Phi) is 3.12. The molecule has 1 spiro atoms. The number of nitrogens with two attached hydrogens (primary N) is 1. The number of aromatic nitrogens is 3. The highest BCUT2D eigenvalue weighted by Crippen LogP contribution is 2.51. The molecule has 0 bridgehead atoms. The fourth-order valence-electron chi connectivity index (χ4n) is 4.00. The number of nitrogens with one attached hydrogen (secondary N) is 1. The summed E-state index contributed by atoms with van der Waals surface area (Å²) in [5.41, 5.74) is 3.09. The molecule has 1 aliphatic carbocycles. The van der Waals surface area contributed by atoms with E-state index in [0.717, 1.165) is 42.7 Å². The Morgan fingerprint density at radius 1 is 1.42 bits per heavy atom. The van der Waals surface area contributed by atoms with E-state index < -0.39 is 10.2 Å². The molecule has 2 aliphatic rings. The molecule has 0 aromatic carbocycles. The number of fused-ring (bicyclic) bond motifs is 1. The molecule has 3 heterocycles. The number of anilines is 1. The lowest BCUT2D eigenvalue weighted by Crippen LogP contribution is -2.67. The summed E-state index contributed by atoms with van der Waals surface area (Å²) < 4.78 is 26.3. The van der Waals surface area contributed by atoms with Crippen LogP contribution in [0.5, 0.6) is 0 Å². The molecule has 0 radical (unpaired) electrons. The molecule has 0 atom stereocenters. The molecule has 3 N–H and O–H groups in total. The van der Waals surface area contributed by atoms with Crippen LogP contribution in [0, 0.1) is 16.7 Å². The highest BCUT2D eigenvalue weighted by molar-refractivity contribution is 7.87. The number of pyridine rings is 1. The molecule has 4 rings (SSSR count). The maximum absolute atomic E-state index is 11.1. The SMILES string of the molecule is Cn1ncc2ncc(C#N)c(N3CC4(CC(NS(N)(=O)=O)C4)C3)c21. The van der Waals surface area contributed by atoms with Gasteiger partial charge < -0.3 is 4.90 Å². The van der Waals surface area contributed by atoms with Crippen molar-refractivity contribution >= 4 is 26.9 Å². The Morgan fingerprint density at radius 2 is 2.12 bits per heavy atom. The largest absolute Gasteiger partial charge is 0.367 e. The Bertz CT molecular complexity index is 961. The predicted octanol–water partition coefficient (Wildman–Crippen LogP) is -0.398. The van der Waals surface area contributed by atoms with Crippen molar-refractivity contribution in [3.8, 4) is 6.07 Å². The molecule has 1 aliphatic heterocycles. The molecular weight excluding hydrogens is 330 g/mol. The van der Waals surface area contributed by atoms with Crippen molar-refractivity contribution in [2.45, 2.75) is 18.9 Å². The lowest BCUT2D eigenvalue weighted by atomic mass is 9.61. The normalized spacial score (nSPS) is 20.0. The molecule has 2 aromatic rings. The van der Waals surface area contributed by atoms with Crippen LogP contribution in [-0.4, -0.2) is 42.3 Å². The molecule has 126 valence electrons. The van der Waals surface area contributed by atoms with Gasteiger partial charge in [0.2, 0.25) is 0 Å². The predicted molar refractivity (Wildman–Crippen MR) is 87.1 cm³/mol. The maximum atomic E-state index is 11.1. The van der Waals surface area contributed by atoms with E-state index in [1.54, 1.807) is 17.1 Å². The Labute approximate surface area is 139 Å². The van der Waals surface area contributed by atoms with Crippen molar-refractivity contribution in [3.63, 3.8) is 0 Å². The molecule has 9 nitrogen and oxygen atoms in total. The topological polar surface area (TPSA) is 130 Å². The van der Waals surface area contributed by atoms with Crippen LogP contribution < -0.4 is 14.8 Å². The minimum Gasteiger partial charge on any atom is -0.367 e. The lowest BCUT2D eigenvalue weighted by Gasteiger charge is -2.59. The minimum absolute atomic E-state index is 0.0910.